The molecule has 0 aliphatic rings. The van der Waals surface area contributed by atoms with Crippen molar-refractivity contribution >= 4 is 22.4 Å². The number of aryl methyl sites for hydroxylation is 2. The van der Waals surface area contributed by atoms with Crippen molar-refractivity contribution in [1.82, 2.24) is 9.55 Å². The molecule has 3 rings (SSSR count). The predicted octanol–water partition coefficient (Wildman–Crippen LogP) is 3.37. The van der Waals surface area contributed by atoms with E-state index < -0.39 is 0 Å². The Bertz CT molecular complexity index is 981. The summed E-state index contributed by atoms with van der Waals surface area (Å²) >= 11 is 1.36. The maximum atomic E-state index is 13.6. The summed E-state index contributed by atoms with van der Waals surface area (Å²) in [6.07, 6.45) is 4.07. The van der Waals surface area contributed by atoms with Gasteiger partial charge in [-0.05, 0) is 30.2 Å². The van der Waals surface area contributed by atoms with Gasteiger partial charge >= 0.3 is 0 Å². The molecule has 0 unspecified atom stereocenters. The number of anilines is 1. The van der Waals surface area contributed by atoms with Crippen LogP contribution < -0.4 is 10.9 Å². The maximum absolute atomic E-state index is 13.6. The zero-order valence-corrected chi connectivity index (χ0v) is 15.1. The monoisotopic (exact) mass is 371 g/mol. The van der Waals surface area contributed by atoms with Gasteiger partial charge in [-0.2, -0.15) is 0 Å². The van der Waals surface area contributed by atoms with Crippen LogP contribution in [-0.4, -0.2) is 15.5 Å². The van der Waals surface area contributed by atoms with E-state index in [9.17, 15) is 14.0 Å². The van der Waals surface area contributed by atoms with Gasteiger partial charge in [0.25, 0.3) is 5.56 Å². The number of carbonyl (C=O) groups excluding carboxylic acids is 1. The molecule has 0 aliphatic carbocycles. The first-order valence-electron chi connectivity index (χ1n) is 8.16. The molecule has 1 aromatic carbocycles. The Kier molecular flexibility index (Phi) is 5.58. The third-order valence-electron chi connectivity index (χ3n) is 3.89. The topological polar surface area (TPSA) is 64.0 Å². The Morgan fingerprint density at radius 3 is 2.92 bits per heavy atom. The Labute approximate surface area is 154 Å². The van der Waals surface area contributed by atoms with Crippen LogP contribution in [0.5, 0.6) is 0 Å². The molecule has 0 spiro atoms. The van der Waals surface area contributed by atoms with Gasteiger partial charge in [0.05, 0.1) is 0 Å². The second-order valence-electron chi connectivity index (χ2n) is 5.92. The van der Waals surface area contributed by atoms with E-state index in [4.69, 9.17) is 0 Å². The summed E-state index contributed by atoms with van der Waals surface area (Å²) < 4.78 is 15.1. The number of carbonyl (C=O) groups is 1. The second kappa shape index (κ2) is 8.05. The molecule has 0 aliphatic heterocycles. The molecule has 3 aromatic rings. The summed E-state index contributed by atoms with van der Waals surface area (Å²) in [5.74, 6) is -0.431. The van der Waals surface area contributed by atoms with Crippen molar-refractivity contribution in [2.24, 2.45) is 0 Å². The minimum Gasteiger partial charge on any atom is -0.315 e. The van der Waals surface area contributed by atoms with Gasteiger partial charge in [-0.1, -0.05) is 18.2 Å². The standard InChI is InChI=1S/C19H18FN3O2S/c1-13-5-6-14(11-16(13)20)10-15-12-21-19(26-15)22-17(24)7-9-23-8-3-2-4-18(23)25/h2-6,8,11-12H,7,9-10H2,1H3,(H,21,22,24). The average molecular weight is 371 g/mol. The lowest BCUT2D eigenvalue weighted by Crippen LogP contribution is -2.21. The lowest BCUT2D eigenvalue weighted by molar-refractivity contribution is -0.116. The zero-order chi connectivity index (χ0) is 18.5. The van der Waals surface area contributed by atoms with Gasteiger partial charge in [-0.25, -0.2) is 9.37 Å². The van der Waals surface area contributed by atoms with Crippen LogP contribution in [0.25, 0.3) is 0 Å². The first-order valence-corrected chi connectivity index (χ1v) is 8.98. The molecule has 0 saturated heterocycles. The van der Waals surface area contributed by atoms with Crippen molar-refractivity contribution in [2.75, 3.05) is 5.32 Å². The Hall–Kier alpha value is -2.80. The minimum atomic E-state index is -0.225. The number of hydrogen-bond donors (Lipinski definition) is 1. The quantitative estimate of drug-likeness (QED) is 0.723. The smallest absolute Gasteiger partial charge is 0.250 e. The highest BCUT2D eigenvalue weighted by Crippen LogP contribution is 2.22. The second-order valence-corrected chi connectivity index (χ2v) is 7.04. The Morgan fingerprint density at radius 1 is 1.31 bits per heavy atom. The molecule has 134 valence electrons. The number of pyridine rings is 1. The van der Waals surface area contributed by atoms with E-state index in [1.54, 1.807) is 37.5 Å². The molecule has 1 amide bonds. The van der Waals surface area contributed by atoms with Crippen LogP contribution >= 0.6 is 11.3 Å². The lowest BCUT2D eigenvalue weighted by atomic mass is 10.1. The van der Waals surface area contributed by atoms with Crippen molar-refractivity contribution in [3.8, 4) is 0 Å². The molecule has 1 N–H and O–H groups in total. The lowest BCUT2D eigenvalue weighted by Gasteiger charge is -2.04. The van der Waals surface area contributed by atoms with Gasteiger partial charge in [0.15, 0.2) is 5.13 Å². The largest absolute Gasteiger partial charge is 0.315 e. The van der Waals surface area contributed by atoms with Crippen LogP contribution in [0, 0.1) is 12.7 Å². The summed E-state index contributed by atoms with van der Waals surface area (Å²) in [6.45, 7) is 2.04. The first kappa shape index (κ1) is 18.0. The van der Waals surface area contributed by atoms with Gasteiger partial charge in [-0.15, -0.1) is 11.3 Å². The van der Waals surface area contributed by atoms with Gasteiger partial charge in [-0.3, -0.25) is 9.59 Å². The molecule has 0 fully saturated rings. The van der Waals surface area contributed by atoms with Crippen molar-refractivity contribution in [3.63, 3.8) is 0 Å². The number of amides is 1. The molecule has 0 bridgehead atoms. The van der Waals surface area contributed by atoms with Gasteiger partial charge in [0, 0.05) is 42.7 Å². The van der Waals surface area contributed by atoms with Crippen molar-refractivity contribution < 1.29 is 9.18 Å². The SMILES string of the molecule is Cc1ccc(Cc2cnc(NC(=O)CCn3ccccc3=O)s2)cc1F. The van der Waals surface area contributed by atoms with Crippen LogP contribution in [-0.2, 0) is 17.8 Å². The number of nitrogens with one attached hydrogen (secondary N) is 1. The number of halogens is 1. The highest BCUT2D eigenvalue weighted by atomic mass is 32.1. The summed E-state index contributed by atoms with van der Waals surface area (Å²) in [5.41, 5.74) is 1.34. The fraction of sp³-hybridized carbons (Fsp3) is 0.211. The summed E-state index contributed by atoms with van der Waals surface area (Å²) in [5, 5.41) is 3.24. The Balaban J connectivity index is 1.56. The van der Waals surface area contributed by atoms with Crippen LogP contribution in [0.3, 0.4) is 0 Å². The van der Waals surface area contributed by atoms with Crippen LogP contribution in [0.2, 0.25) is 0 Å². The molecule has 7 heteroatoms. The van der Waals surface area contributed by atoms with Gasteiger partial charge in [0.2, 0.25) is 5.91 Å². The molecule has 26 heavy (non-hydrogen) atoms. The van der Waals surface area contributed by atoms with Gasteiger partial charge in [0.1, 0.15) is 5.82 Å². The highest BCUT2D eigenvalue weighted by molar-refractivity contribution is 7.15. The van der Waals surface area contributed by atoms with Crippen molar-refractivity contribution in [1.29, 1.82) is 0 Å². The normalized spacial score (nSPS) is 10.7. The Morgan fingerprint density at radius 2 is 2.15 bits per heavy atom. The molecule has 2 heterocycles. The predicted molar refractivity (Wildman–Crippen MR) is 100 cm³/mol. The number of hydrogen-bond acceptors (Lipinski definition) is 4. The molecule has 5 nitrogen and oxygen atoms in total. The molecular formula is C19H18FN3O2S. The van der Waals surface area contributed by atoms with Crippen LogP contribution in [0.1, 0.15) is 22.4 Å². The van der Waals surface area contributed by atoms with E-state index in [2.05, 4.69) is 10.3 Å². The fourth-order valence-electron chi connectivity index (χ4n) is 2.44. The van der Waals surface area contributed by atoms with Gasteiger partial charge < -0.3 is 9.88 Å². The van der Waals surface area contributed by atoms with E-state index in [1.165, 1.54) is 28.0 Å². The molecule has 2 aromatic heterocycles. The van der Waals surface area contributed by atoms with E-state index in [-0.39, 0.29) is 23.7 Å². The summed E-state index contributed by atoms with van der Waals surface area (Å²) in [6, 6.07) is 10.0. The molecule has 0 radical (unpaired) electrons. The number of nitrogens with zero attached hydrogens (tertiary/aromatic N) is 2. The van der Waals surface area contributed by atoms with E-state index in [0.717, 1.165) is 10.4 Å². The molecular weight excluding hydrogens is 353 g/mol. The number of thiazole rings is 1. The van der Waals surface area contributed by atoms with Crippen molar-refractivity contribution in [2.45, 2.75) is 26.3 Å². The van der Waals surface area contributed by atoms with E-state index in [1.807, 2.05) is 6.07 Å². The molecule has 0 atom stereocenters. The summed E-state index contributed by atoms with van der Waals surface area (Å²) in [4.78, 5) is 28.8. The third-order valence-corrected chi connectivity index (χ3v) is 4.81. The van der Waals surface area contributed by atoms with Crippen LogP contribution in [0.15, 0.2) is 53.6 Å². The fourth-order valence-corrected chi connectivity index (χ4v) is 3.31. The highest BCUT2D eigenvalue weighted by Gasteiger charge is 2.09. The number of benzene rings is 1. The first-order chi connectivity index (χ1) is 12.5. The number of rotatable bonds is 6. The molecule has 0 saturated carbocycles. The van der Waals surface area contributed by atoms with E-state index in [0.29, 0.717) is 23.7 Å². The minimum absolute atomic E-state index is 0.137. The third kappa shape index (κ3) is 4.64. The van der Waals surface area contributed by atoms with Crippen molar-refractivity contribution in [3.05, 3.63) is 81.0 Å². The number of aromatic nitrogens is 2. The maximum Gasteiger partial charge on any atom is 0.250 e. The zero-order valence-electron chi connectivity index (χ0n) is 14.2. The van der Waals surface area contributed by atoms with Crippen LogP contribution in [0.4, 0.5) is 9.52 Å². The average Bonchev–Trinajstić information content (AvgIpc) is 3.04. The summed E-state index contributed by atoms with van der Waals surface area (Å²) in [7, 11) is 0. The van der Waals surface area contributed by atoms with E-state index >= 15 is 0 Å².